The van der Waals surface area contributed by atoms with Gasteiger partial charge in [0.15, 0.2) is 5.13 Å². The highest BCUT2D eigenvalue weighted by molar-refractivity contribution is 9.10. The average Bonchev–Trinajstić information content (AvgIpc) is 3.13. The van der Waals surface area contributed by atoms with Crippen molar-refractivity contribution >= 4 is 49.7 Å². The number of hydrogen-bond donors (Lipinski definition) is 0. The fourth-order valence-corrected chi connectivity index (χ4v) is 4.37. The summed E-state index contributed by atoms with van der Waals surface area (Å²) < 4.78 is 1.08. The van der Waals surface area contributed by atoms with E-state index in [-0.39, 0.29) is 0 Å². The van der Waals surface area contributed by atoms with Gasteiger partial charge in [-0.25, -0.2) is 4.98 Å². The van der Waals surface area contributed by atoms with E-state index in [9.17, 15) is 0 Å². The Morgan fingerprint density at radius 1 is 1.08 bits per heavy atom. The highest BCUT2D eigenvalue weighted by atomic mass is 79.9. The van der Waals surface area contributed by atoms with Crippen molar-refractivity contribution in [2.75, 3.05) is 4.90 Å². The van der Waals surface area contributed by atoms with Crippen LogP contribution in [0.15, 0.2) is 58.4 Å². The number of rotatable bonds is 7. The smallest absolute Gasteiger partial charge is 0.190 e. The monoisotopic (exact) mass is 448 g/mol. The molecule has 1 unspecified atom stereocenters. The molecule has 0 aliphatic carbocycles. The van der Waals surface area contributed by atoms with Crippen LogP contribution in [0, 0.1) is 0 Å². The molecule has 136 valence electrons. The lowest BCUT2D eigenvalue weighted by Crippen LogP contribution is -2.30. The van der Waals surface area contributed by atoms with Crippen molar-refractivity contribution < 1.29 is 0 Å². The maximum absolute atomic E-state index is 6.10. The van der Waals surface area contributed by atoms with Crippen molar-refractivity contribution in [3.63, 3.8) is 0 Å². The van der Waals surface area contributed by atoms with Crippen LogP contribution in [0.2, 0.25) is 5.02 Å². The second-order valence-corrected chi connectivity index (χ2v) is 8.41. The molecule has 3 rings (SSSR count). The lowest BCUT2D eigenvalue weighted by atomic mass is 10.1. The molecule has 5 heteroatoms. The van der Waals surface area contributed by atoms with E-state index in [1.165, 1.54) is 0 Å². The van der Waals surface area contributed by atoms with Gasteiger partial charge in [-0.1, -0.05) is 59.9 Å². The number of benzene rings is 2. The van der Waals surface area contributed by atoms with E-state index in [4.69, 9.17) is 16.6 Å². The Morgan fingerprint density at radius 2 is 1.77 bits per heavy atom. The van der Waals surface area contributed by atoms with Gasteiger partial charge in [-0.15, -0.1) is 11.3 Å². The van der Waals surface area contributed by atoms with Gasteiger partial charge in [-0.2, -0.15) is 0 Å². The highest BCUT2D eigenvalue weighted by Gasteiger charge is 2.22. The Bertz CT molecular complexity index is 830. The van der Waals surface area contributed by atoms with E-state index in [0.29, 0.717) is 6.04 Å². The predicted octanol–water partition coefficient (Wildman–Crippen LogP) is 7.94. The van der Waals surface area contributed by atoms with Gasteiger partial charge < -0.3 is 4.90 Å². The molecule has 0 bridgehead atoms. The Labute approximate surface area is 173 Å². The average molecular weight is 450 g/mol. The fourth-order valence-electron chi connectivity index (χ4n) is 3.06. The summed E-state index contributed by atoms with van der Waals surface area (Å²) in [7, 11) is 0. The van der Waals surface area contributed by atoms with Gasteiger partial charge in [0, 0.05) is 32.2 Å². The third kappa shape index (κ3) is 4.48. The first-order valence-electron chi connectivity index (χ1n) is 8.88. The normalized spacial score (nSPS) is 12.2. The second-order valence-electron chi connectivity index (χ2n) is 6.22. The van der Waals surface area contributed by atoms with E-state index < -0.39 is 0 Å². The van der Waals surface area contributed by atoms with Gasteiger partial charge in [0.25, 0.3) is 0 Å². The van der Waals surface area contributed by atoms with Crippen molar-refractivity contribution in [1.29, 1.82) is 0 Å². The maximum atomic E-state index is 6.10. The summed E-state index contributed by atoms with van der Waals surface area (Å²) in [6.07, 6.45) is 3.35. The summed E-state index contributed by atoms with van der Waals surface area (Å²) in [6, 6.07) is 16.8. The number of halogens is 2. The van der Waals surface area contributed by atoms with Gasteiger partial charge in [0.05, 0.1) is 5.69 Å². The molecule has 0 saturated carbocycles. The molecule has 0 saturated heterocycles. The number of anilines is 2. The topological polar surface area (TPSA) is 16.1 Å². The number of hydrogen-bond acceptors (Lipinski definition) is 3. The van der Waals surface area contributed by atoms with Gasteiger partial charge in [0.1, 0.15) is 0 Å². The molecule has 26 heavy (non-hydrogen) atoms. The highest BCUT2D eigenvalue weighted by Crippen LogP contribution is 2.36. The Morgan fingerprint density at radius 3 is 2.38 bits per heavy atom. The van der Waals surface area contributed by atoms with Crippen molar-refractivity contribution in [2.45, 2.75) is 39.2 Å². The summed E-state index contributed by atoms with van der Waals surface area (Å²) in [6.45, 7) is 4.48. The molecule has 2 nitrogen and oxygen atoms in total. The van der Waals surface area contributed by atoms with Crippen molar-refractivity contribution in [3.8, 4) is 11.3 Å². The minimum atomic E-state index is 0.421. The molecule has 0 radical (unpaired) electrons. The van der Waals surface area contributed by atoms with Crippen LogP contribution in [0.3, 0.4) is 0 Å². The van der Waals surface area contributed by atoms with E-state index in [1.54, 1.807) is 11.3 Å². The van der Waals surface area contributed by atoms with Crippen LogP contribution in [0.4, 0.5) is 10.8 Å². The minimum absolute atomic E-state index is 0.421. The second kappa shape index (κ2) is 9.03. The molecule has 1 atom stereocenters. The zero-order valence-electron chi connectivity index (χ0n) is 15.0. The lowest BCUT2D eigenvalue weighted by molar-refractivity contribution is 0.572. The third-order valence-electron chi connectivity index (χ3n) is 4.40. The molecule has 2 aromatic carbocycles. The Kier molecular flexibility index (Phi) is 6.74. The SMILES string of the molecule is CCCC(CC)N(c1ccc(Cl)cc1)c1nc(-c2ccc(Br)cc2)cs1. The predicted molar refractivity (Wildman–Crippen MR) is 118 cm³/mol. The molecule has 0 fully saturated rings. The molecule has 0 amide bonds. The van der Waals surface area contributed by atoms with Crippen molar-refractivity contribution in [2.24, 2.45) is 0 Å². The van der Waals surface area contributed by atoms with E-state index in [0.717, 1.165) is 50.8 Å². The minimum Gasteiger partial charge on any atom is -0.315 e. The van der Waals surface area contributed by atoms with Gasteiger partial charge in [-0.3, -0.25) is 0 Å². The first-order chi connectivity index (χ1) is 12.6. The molecule has 0 spiro atoms. The van der Waals surface area contributed by atoms with Crippen LogP contribution >= 0.6 is 38.9 Å². The van der Waals surface area contributed by atoms with Gasteiger partial charge in [0.2, 0.25) is 0 Å². The summed E-state index contributed by atoms with van der Waals surface area (Å²) in [5.41, 5.74) is 3.30. The molecule has 1 aromatic heterocycles. The van der Waals surface area contributed by atoms with E-state index in [1.807, 2.05) is 12.1 Å². The maximum Gasteiger partial charge on any atom is 0.190 e. The van der Waals surface area contributed by atoms with E-state index in [2.05, 4.69) is 76.5 Å². The molecular formula is C21H22BrClN2S. The molecule has 0 aliphatic rings. The standard InChI is InChI=1S/C21H22BrClN2S/c1-3-5-18(4-2)25(19-12-10-17(23)11-13-19)21-24-20(14-26-21)15-6-8-16(22)9-7-15/h6-14,18H,3-5H2,1-2H3. The van der Waals surface area contributed by atoms with Crippen molar-refractivity contribution in [3.05, 3.63) is 63.4 Å². The third-order valence-corrected chi connectivity index (χ3v) is 6.02. The zero-order valence-corrected chi connectivity index (χ0v) is 18.1. The quantitative estimate of drug-likeness (QED) is 0.364. The largest absolute Gasteiger partial charge is 0.315 e. The summed E-state index contributed by atoms with van der Waals surface area (Å²) in [4.78, 5) is 7.32. The zero-order chi connectivity index (χ0) is 18.5. The number of thiazole rings is 1. The van der Waals surface area contributed by atoms with Crippen LogP contribution in [0.25, 0.3) is 11.3 Å². The van der Waals surface area contributed by atoms with Gasteiger partial charge >= 0.3 is 0 Å². The van der Waals surface area contributed by atoms with E-state index >= 15 is 0 Å². The van der Waals surface area contributed by atoms with Crippen LogP contribution in [0.5, 0.6) is 0 Å². The summed E-state index contributed by atoms with van der Waals surface area (Å²) in [5, 5.41) is 3.93. The summed E-state index contributed by atoms with van der Waals surface area (Å²) in [5.74, 6) is 0. The lowest BCUT2D eigenvalue weighted by Gasteiger charge is -2.31. The first-order valence-corrected chi connectivity index (χ1v) is 10.9. The molecule has 0 N–H and O–H groups in total. The molecular weight excluding hydrogens is 428 g/mol. The molecule has 3 aromatic rings. The first kappa shape index (κ1) is 19.4. The van der Waals surface area contributed by atoms with Crippen LogP contribution in [-0.2, 0) is 0 Å². The van der Waals surface area contributed by atoms with Crippen molar-refractivity contribution in [1.82, 2.24) is 4.98 Å². The van der Waals surface area contributed by atoms with Gasteiger partial charge in [-0.05, 0) is 49.2 Å². The number of aromatic nitrogens is 1. The summed E-state index contributed by atoms with van der Waals surface area (Å²) >= 11 is 11.3. The molecule has 0 aliphatic heterocycles. The van der Waals surface area contributed by atoms with Crippen LogP contribution in [-0.4, -0.2) is 11.0 Å². The fraction of sp³-hybridized carbons (Fsp3) is 0.286. The molecule has 1 heterocycles. The Hall–Kier alpha value is -1.36. The number of nitrogens with zero attached hydrogens (tertiary/aromatic N) is 2. The Balaban J connectivity index is 1.98. The van der Waals surface area contributed by atoms with Crippen LogP contribution < -0.4 is 4.90 Å². The van der Waals surface area contributed by atoms with Crippen LogP contribution in [0.1, 0.15) is 33.1 Å².